The number of halogens is 1. The van der Waals surface area contributed by atoms with Crippen molar-refractivity contribution in [1.82, 2.24) is 5.32 Å². The van der Waals surface area contributed by atoms with Crippen molar-refractivity contribution in [3.05, 3.63) is 27.7 Å². The van der Waals surface area contributed by atoms with Crippen LogP contribution in [0.15, 0.2) is 16.6 Å². The highest BCUT2D eigenvalue weighted by Gasteiger charge is 2.36. The molecular weight excluding hydrogens is 306 g/mol. The lowest BCUT2D eigenvalue weighted by molar-refractivity contribution is 0.150. The summed E-state index contributed by atoms with van der Waals surface area (Å²) in [5, 5.41) is 3.32. The second kappa shape index (κ2) is 5.43. The Hall–Kier alpha value is -0.580. The van der Waals surface area contributed by atoms with E-state index in [0.717, 1.165) is 55.9 Å². The highest BCUT2D eigenvalue weighted by Crippen LogP contribution is 2.39. The summed E-state index contributed by atoms with van der Waals surface area (Å²) in [6.07, 6.45) is 3.17. The summed E-state index contributed by atoms with van der Waals surface area (Å²) in [4.78, 5) is 0. The van der Waals surface area contributed by atoms with E-state index in [2.05, 4.69) is 33.4 Å². The van der Waals surface area contributed by atoms with Gasteiger partial charge in [-0.15, -0.1) is 0 Å². The smallest absolute Gasteiger partial charge is 0.125 e. The third-order valence-electron chi connectivity index (χ3n) is 4.13. The Kier molecular flexibility index (Phi) is 3.83. The molecule has 1 aromatic rings. The summed E-state index contributed by atoms with van der Waals surface area (Å²) < 4.78 is 12.6. The molecule has 4 heteroatoms. The SMILES string of the molecule is CNCC1(Cc2cc(Br)cc3c2OCC3)CCOC1. The van der Waals surface area contributed by atoms with E-state index >= 15 is 0 Å². The van der Waals surface area contributed by atoms with E-state index in [1.165, 1.54) is 11.1 Å². The Morgan fingerprint density at radius 1 is 1.37 bits per heavy atom. The first-order valence-corrected chi connectivity index (χ1v) is 7.68. The first kappa shape index (κ1) is 13.4. The fourth-order valence-electron chi connectivity index (χ4n) is 3.25. The van der Waals surface area contributed by atoms with Crippen molar-refractivity contribution >= 4 is 15.9 Å². The average Bonchev–Trinajstić information content (AvgIpc) is 2.98. The molecule has 0 radical (unpaired) electrons. The molecule has 1 unspecified atom stereocenters. The molecule has 1 saturated heterocycles. The van der Waals surface area contributed by atoms with Gasteiger partial charge >= 0.3 is 0 Å². The van der Waals surface area contributed by atoms with Crippen LogP contribution in [-0.4, -0.2) is 33.4 Å². The van der Waals surface area contributed by atoms with Crippen molar-refractivity contribution in [2.45, 2.75) is 19.3 Å². The van der Waals surface area contributed by atoms with Crippen molar-refractivity contribution in [1.29, 1.82) is 0 Å². The van der Waals surface area contributed by atoms with E-state index < -0.39 is 0 Å². The van der Waals surface area contributed by atoms with Crippen LogP contribution < -0.4 is 10.1 Å². The van der Waals surface area contributed by atoms with Gasteiger partial charge in [-0.1, -0.05) is 15.9 Å². The van der Waals surface area contributed by atoms with E-state index in [1.807, 2.05) is 7.05 Å². The van der Waals surface area contributed by atoms with E-state index in [4.69, 9.17) is 9.47 Å². The van der Waals surface area contributed by atoms with Gasteiger partial charge in [0.15, 0.2) is 0 Å². The summed E-state index contributed by atoms with van der Waals surface area (Å²) in [5.41, 5.74) is 2.88. The molecule has 0 bridgehead atoms. The molecule has 2 heterocycles. The minimum atomic E-state index is 0.218. The number of hydrogen-bond acceptors (Lipinski definition) is 3. The monoisotopic (exact) mass is 325 g/mol. The molecule has 1 N–H and O–H groups in total. The van der Waals surface area contributed by atoms with Crippen LogP contribution in [-0.2, 0) is 17.6 Å². The first-order chi connectivity index (χ1) is 9.22. The standard InChI is InChI=1S/C15H20BrNO2/c1-17-9-15(3-5-18-10-15)8-12-7-13(16)6-11-2-4-19-14(11)12/h6-7,17H,2-5,8-10H2,1H3. The summed E-state index contributed by atoms with van der Waals surface area (Å²) in [6, 6.07) is 4.39. The minimum Gasteiger partial charge on any atom is -0.493 e. The van der Waals surface area contributed by atoms with Crippen molar-refractivity contribution in [3.8, 4) is 5.75 Å². The lowest BCUT2D eigenvalue weighted by atomic mass is 9.80. The van der Waals surface area contributed by atoms with Crippen molar-refractivity contribution in [2.24, 2.45) is 5.41 Å². The second-order valence-electron chi connectivity index (χ2n) is 5.66. The maximum absolute atomic E-state index is 5.84. The number of hydrogen-bond donors (Lipinski definition) is 1. The van der Waals surface area contributed by atoms with Gasteiger partial charge in [-0.2, -0.15) is 0 Å². The number of benzene rings is 1. The summed E-state index contributed by atoms with van der Waals surface area (Å²) in [5.74, 6) is 1.12. The second-order valence-corrected chi connectivity index (χ2v) is 6.58. The van der Waals surface area contributed by atoms with E-state index in [0.29, 0.717) is 0 Å². The Labute approximate surface area is 122 Å². The number of fused-ring (bicyclic) bond motifs is 1. The molecule has 2 aliphatic heterocycles. The van der Waals surface area contributed by atoms with Gasteiger partial charge in [-0.05, 0) is 43.1 Å². The van der Waals surface area contributed by atoms with E-state index in [1.54, 1.807) is 0 Å². The fraction of sp³-hybridized carbons (Fsp3) is 0.600. The zero-order valence-corrected chi connectivity index (χ0v) is 12.9. The van der Waals surface area contributed by atoms with Gasteiger partial charge in [0.2, 0.25) is 0 Å². The fourth-order valence-corrected chi connectivity index (χ4v) is 3.80. The van der Waals surface area contributed by atoms with E-state index in [-0.39, 0.29) is 5.41 Å². The van der Waals surface area contributed by atoms with Gasteiger partial charge in [0, 0.05) is 29.5 Å². The molecule has 3 rings (SSSR count). The van der Waals surface area contributed by atoms with Crippen LogP contribution in [0.3, 0.4) is 0 Å². The zero-order valence-electron chi connectivity index (χ0n) is 11.3. The largest absolute Gasteiger partial charge is 0.493 e. The lowest BCUT2D eigenvalue weighted by Crippen LogP contribution is -2.35. The van der Waals surface area contributed by atoms with Gasteiger partial charge in [0.05, 0.1) is 13.2 Å². The van der Waals surface area contributed by atoms with Crippen LogP contribution in [0.25, 0.3) is 0 Å². The summed E-state index contributed by atoms with van der Waals surface area (Å²) in [7, 11) is 2.02. The molecule has 1 atom stereocenters. The molecule has 104 valence electrons. The van der Waals surface area contributed by atoms with Crippen LogP contribution in [0, 0.1) is 5.41 Å². The summed E-state index contributed by atoms with van der Waals surface area (Å²) >= 11 is 3.62. The van der Waals surface area contributed by atoms with Crippen molar-refractivity contribution < 1.29 is 9.47 Å². The Balaban J connectivity index is 1.90. The molecule has 0 saturated carbocycles. The van der Waals surface area contributed by atoms with Crippen LogP contribution >= 0.6 is 15.9 Å². The molecule has 2 aliphatic rings. The first-order valence-electron chi connectivity index (χ1n) is 6.89. The van der Waals surface area contributed by atoms with Gasteiger partial charge in [-0.3, -0.25) is 0 Å². The normalized spacial score (nSPS) is 25.4. The topological polar surface area (TPSA) is 30.5 Å². The maximum Gasteiger partial charge on any atom is 0.125 e. The minimum absolute atomic E-state index is 0.218. The maximum atomic E-state index is 5.84. The highest BCUT2D eigenvalue weighted by molar-refractivity contribution is 9.10. The predicted molar refractivity (Wildman–Crippen MR) is 78.8 cm³/mol. The predicted octanol–water partition coefficient (Wildman–Crippen LogP) is 2.55. The third-order valence-corrected chi connectivity index (χ3v) is 4.59. The van der Waals surface area contributed by atoms with Crippen LogP contribution in [0.5, 0.6) is 5.75 Å². The number of nitrogens with one attached hydrogen (secondary N) is 1. The van der Waals surface area contributed by atoms with Crippen LogP contribution in [0.1, 0.15) is 17.5 Å². The quantitative estimate of drug-likeness (QED) is 0.922. The van der Waals surface area contributed by atoms with E-state index in [9.17, 15) is 0 Å². The Bertz CT molecular complexity index is 469. The zero-order chi connectivity index (χ0) is 13.3. The van der Waals surface area contributed by atoms with Gasteiger partial charge in [0.25, 0.3) is 0 Å². The molecule has 1 fully saturated rings. The van der Waals surface area contributed by atoms with Crippen LogP contribution in [0.4, 0.5) is 0 Å². The lowest BCUT2D eigenvalue weighted by Gasteiger charge is -2.28. The highest BCUT2D eigenvalue weighted by atomic mass is 79.9. The van der Waals surface area contributed by atoms with Gasteiger partial charge in [-0.25, -0.2) is 0 Å². The third kappa shape index (κ3) is 2.67. The van der Waals surface area contributed by atoms with Gasteiger partial charge < -0.3 is 14.8 Å². The van der Waals surface area contributed by atoms with Crippen molar-refractivity contribution in [2.75, 3.05) is 33.4 Å². The summed E-state index contributed by atoms with van der Waals surface area (Å²) in [6.45, 7) is 3.52. The number of rotatable bonds is 4. The molecule has 0 aliphatic carbocycles. The van der Waals surface area contributed by atoms with Crippen molar-refractivity contribution in [3.63, 3.8) is 0 Å². The molecule has 0 spiro atoms. The Morgan fingerprint density at radius 2 is 2.26 bits per heavy atom. The molecule has 0 amide bonds. The average molecular weight is 326 g/mol. The van der Waals surface area contributed by atoms with Crippen LogP contribution in [0.2, 0.25) is 0 Å². The molecular formula is C15H20BrNO2. The number of ether oxygens (including phenoxy) is 2. The Morgan fingerprint density at radius 3 is 3.00 bits per heavy atom. The molecule has 0 aromatic heterocycles. The molecule has 19 heavy (non-hydrogen) atoms. The van der Waals surface area contributed by atoms with Gasteiger partial charge in [0.1, 0.15) is 5.75 Å². The molecule has 1 aromatic carbocycles. The molecule has 3 nitrogen and oxygen atoms in total.